The molecule has 0 aromatic heterocycles. The van der Waals surface area contributed by atoms with Crippen molar-refractivity contribution in [1.82, 2.24) is 5.06 Å². The topological polar surface area (TPSA) is 64.8 Å². The summed E-state index contributed by atoms with van der Waals surface area (Å²) in [5.74, 6) is 0.554. The van der Waals surface area contributed by atoms with E-state index in [4.69, 9.17) is 15.3 Å². The molecule has 94 valence electrons. The van der Waals surface area contributed by atoms with Gasteiger partial charge in [0, 0.05) is 13.1 Å². The summed E-state index contributed by atoms with van der Waals surface area (Å²) in [5.41, 5.74) is 5.07. The highest BCUT2D eigenvalue weighted by atomic mass is 16.8. The Hall–Kier alpha value is -0.810. The van der Waals surface area contributed by atoms with Gasteiger partial charge in [-0.05, 0) is 46.1 Å². The molecule has 0 aromatic carbocycles. The van der Waals surface area contributed by atoms with Crippen molar-refractivity contribution in [3.63, 3.8) is 0 Å². The van der Waals surface area contributed by atoms with Crippen molar-refractivity contribution in [2.75, 3.05) is 19.6 Å². The van der Waals surface area contributed by atoms with Gasteiger partial charge in [0.05, 0.1) is 0 Å². The number of hydrogen-bond donors (Lipinski definition) is 1. The molecule has 1 heterocycles. The molecule has 1 rings (SSSR count). The van der Waals surface area contributed by atoms with Gasteiger partial charge in [0.15, 0.2) is 0 Å². The fraction of sp³-hybridized carbons (Fsp3) is 0.909. The molecule has 0 radical (unpaired) electrons. The Balaban J connectivity index is 2.26. The molecular formula is C11H22N2O3. The largest absolute Gasteiger partial charge is 0.528 e. The average molecular weight is 230 g/mol. The van der Waals surface area contributed by atoms with E-state index in [-0.39, 0.29) is 0 Å². The third-order valence-corrected chi connectivity index (χ3v) is 2.50. The van der Waals surface area contributed by atoms with Gasteiger partial charge in [-0.3, -0.25) is 0 Å². The van der Waals surface area contributed by atoms with E-state index in [1.807, 2.05) is 20.8 Å². The van der Waals surface area contributed by atoms with Crippen molar-refractivity contribution in [2.45, 2.75) is 39.2 Å². The highest BCUT2D eigenvalue weighted by Gasteiger charge is 2.24. The van der Waals surface area contributed by atoms with Gasteiger partial charge >= 0.3 is 6.16 Å². The van der Waals surface area contributed by atoms with E-state index >= 15 is 0 Å². The van der Waals surface area contributed by atoms with Gasteiger partial charge in [0.25, 0.3) is 0 Å². The molecule has 1 fully saturated rings. The first kappa shape index (κ1) is 13.3. The van der Waals surface area contributed by atoms with Crippen molar-refractivity contribution in [3.8, 4) is 0 Å². The predicted molar refractivity (Wildman–Crippen MR) is 60.7 cm³/mol. The van der Waals surface area contributed by atoms with Crippen molar-refractivity contribution >= 4 is 6.16 Å². The summed E-state index contributed by atoms with van der Waals surface area (Å²) in [7, 11) is 0. The second-order valence-corrected chi connectivity index (χ2v) is 5.16. The van der Waals surface area contributed by atoms with Gasteiger partial charge in [0.2, 0.25) is 0 Å². The zero-order valence-corrected chi connectivity index (χ0v) is 10.4. The van der Waals surface area contributed by atoms with Gasteiger partial charge in [-0.2, -0.15) is 0 Å². The summed E-state index contributed by atoms with van der Waals surface area (Å²) in [5, 5.41) is 1.65. The van der Waals surface area contributed by atoms with E-state index in [2.05, 4.69) is 0 Å². The van der Waals surface area contributed by atoms with Crippen molar-refractivity contribution in [1.29, 1.82) is 0 Å². The second-order valence-electron chi connectivity index (χ2n) is 5.16. The molecule has 5 nitrogen and oxygen atoms in total. The molecule has 0 aliphatic carbocycles. The summed E-state index contributed by atoms with van der Waals surface area (Å²) in [6.45, 7) is 7.63. The third kappa shape index (κ3) is 4.81. The Morgan fingerprint density at radius 1 is 1.38 bits per heavy atom. The fourth-order valence-electron chi connectivity index (χ4n) is 1.61. The molecule has 1 aliphatic heterocycles. The van der Waals surface area contributed by atoms with Crippen LogP contribution in [0.3, 0.4) is 0 Å². The van der Waals surface area contributed by atoms with E-state index in [0.29, 0.717) is 12.5 Å². The SMILES string of the molecule is CC(C)(C)OC(=O)ON1CCC(CN)CC1. The van der Waals surface area contributed by atoms with Crippen LogP contribution >= 0.6 is 0 Å². The van der Waals surface area contributed by atoms with Crippen molar-refractivity contribution in [2.24, 2.45) is 11.7 Å². The number of carbonyl (C=O) groups excluding carboxylic acids is 1. The molecule has 0 spiro atoms. The van der Waals surface area contributed by atoms with E-state index in [1.54, 1.807) is 5.06 Å². The molecular weight excluding hydrogens is 208 g/mol. The Labute approximate surface area is 96.8 Å². The Morgan fingerprint density at radius 3 is 2.38 bits per heavy atom. The Bertz CT molecular complexity index is 230. The lowest BCUT2D eigenvalue weighted by Crippen LogP contribution is -2.39. The van der Waals surface area contributed by atoms with Crippen LogP contribution < -0.4 is 5.73 Å². The number of nitrogens with two attached hydrogens (primary N) is 1. The summed E-state index contributed by atoms with van der Waals surface area (Å²) < 4.78 is 5.07. The quantitative estimate of drug-likeness (QED) is 0.729. The van der Waals surface area contributed by atoms with Gasteiger partial charge < -0.3 is 15.3 Å². The zero-order chi connectivity index (χ0) is 12.2. The smallest absolute Gasteiger partial charge is 0.427 e. The molecule has 0 amide bonds. The number of piperidine rings is 1. The molecule has 16 heavy (non-hydrogen) atoms. The van der Waals surface area contributed by atoms with Crippen LogP contribution in [0.25, 0.3) is 0 Å². The van der Waals surface area contributed by atoms with Crippen molar-refractivity contribution in [3.05, 3.63) is 0 Å². The van der Waals surface area contributed by atoms with E-state index in [0.717, 1.165) is 25.9 Å². The number of hydroxylamine groups is 2. The van der Waals surface area contributed by atoms with Crippen LogP contribution in [0.15, 0.2) is 0 Å². The maximum atomic E-state index is 11.4. The molecule has 5 heteroatoms. The minimum absolute atomic E-state index is 0.507. The van der Waals surface area contributed by atoms with Gasteiger partial charge in [0.1, 0.15) is 5.60 Å². The number of ether oxygens (including phenoxy) is 1. The van der Waals surface area contributed by atoms with Crippen LogP contribution in [-0.4, -0.2) is 36.5 Å². The summed E-state index contributed by atoms with van der Waals surface area (Å²) in [4.78, 5) is 16.5. The summed E-state index contributed by atoms with van der Waals surface area (Å²) >= 11 is 0. The summed E-state index contributed by atoms with van der Waals surface area (Å²) in [6.07, 6.45) is 1.32. The minimum Gasteiger partial charge on any atom is -0.427 e. The van der Waals surface area contributed by atoms with Gasteiger partial charge in [-0.25, -0.2) is 4.79 Å². The third-order valence-electron chi connectivity index (χ3n) is 2.50. The molecule has 0 unspecified atom stereocenters. The second kappa shape index (κ2) is 5.50. The average Bonchev–Trinajstić information content (AvgIpc) is 2.16. The Kier molecular flexibility index (Phi) is 4.56. The number of nitrogens with zero attached hydrogens (tertiary/aromatic N) is 1. The van der Waals surface area contributed by atoms with E-state index in [9.17, 15) is 4.79 Å². The van der Waals surface area contributed by atoms with E-state index < -0.39 is 11.8 Å². The number of hydrogen-bond acceptors (Lipinski definition) is 5. The predicted octanol–water partition coefficient (Wildman–Crippen LogP) is 1.52. The van der Waals surface area contributed by atoms with Crippen LogP contribution in [0.1, 0.15) is 33.6 Å². The normalized spacial score (nSPS) is 19.5. The standard InChI is InChI=1S/C11H22N2O3/c1-11(2,3)15-10(14)16-13-6-4-9(8-12)5-7-13/h9H,4-8,12H2,1-3H3. The first-order valence-corrected chi connectivity index (χ1v) is 5.76. The van der Waals surface area contributed by atoms with Crippen LogP contribution in [0.4, 0.5) is 4.79 Å². The lowest BCUT2D eigenvalue weighted by molar-refractivity contribution is -0.154. The molecule has 0 atom stereocenters. The van der Waals surface area contributed by atoms with Crippen LogP contribution in [0.2, 0.25) is 0 Å². The molecule has 1 saturated heterocycles. The van der Waals surface area contributed by atoms with E-state index in [1.165, 1.54) is 0 Å². The number of rotatable bonds is 2. The molecule has 0 aromatic rings. The molecule has 2 N–H and O–H groups in total. The van der Waals surface area contributed by atoms with Gasteiger partial charge in [-0.15, -0.1) is 5.06 Å². The van der Waals surface area contributed by atoms with Gasteiger partial charge in [-0.1, -0.05) is 0 Å². The maximum absolute atomic E-state index is 11.4. The monoisotopic (exact) mass is 230 g/mol. The summed E-state index contributed by atoms with van der Waals surface area (Å²) in [6, 6.07) is 0. The lowest BCUT2D eigenvalue weighted by Gasteiger charge is -2.30. The van der Waals surface area contributed by atoms with Crippen LogP contribution in [0.5, 0.6) is 0 Å². The molecule has 0 bridgehead atoms. The van der Waals surface area contributed by atoms with Crippen LogP contribution in [-0.2, 0) is 9.57 Å². The maximum Gasteiger partial charge on any atom is 0.528 e. The number of carbonyl (C=O) groups is 1. The minimum atomic E-state index is -0.626. The molecule has 0 saturated carbocycles. The van der Waals surface area contributed by atoms with Crippen LogP contribution in [0, 0.1) is 5.92 Å². The zero-order valence-electron chi connectivity index (χ0n) is 10.4. The lowest BCUT2D eigenvalue weighted by atomic mass is 9.98. The fourth-order valence-corrected chi connectivity index (χ4v) is 1.61. The highest BCUT2D eigenvalue weighted by Crippen LogP contribution is 2.17. The Morgan fingerprint density at radius 2 is 1.94 bits per heavy atom. The van der Waals surface area contributed by atoms with Crippen molar-refractivity contribution < 1.29 is 14.4 Å². The highest BCUT2D eigenvalue weighted by molar-refractivity contribution is 5.60. The first-order chi connectivity index (χ1) is 7.40. The molecule has 1 aliphatic rings. The first-order valence-electron chi connectivity index (χ1n) is 5.76.